The summed E-state index contributed by atoms with van der Waals surface area (Å²) in [5, 5.41) is 9.84. The van der Waals surface area contributed by atoms with Crippen LogP contribution in [0.1, 0.15) is 30.3 Å². The molecular weight excluding hydrogens is 431 g/mol. The Bertz CT molecular complexity index is 1030. The number of carbonyl (C=O) groups excluding carboxylic acids is 3. The van der Waals surface area contributed by atoms with Gasteiger partial charge in [-0.3, -0.25) is 14.4 Å². The van der Waals surface area contributed by atoms with Gasteiger partial charge in [0.2, 0.25) is 11.8 Å². The second-order valence-corrected chi connectivity index (χ2v) is 8.58. The first-order valence-electron chi connectivity index (χ1n) is 9.51. The maximum Gasteiger partial charge on any atom is 0.274 e. The fourth-order valence-corrected chi connectivity index (χ4v) is 4.37. The molecule has 2 fully saturated rings. The van der Waals surface area contributed by atoms with Gasteiger partial charge in [-0.05, 0) is 38.0 Å². The van der Waals surface area contributed by atoms with Crippen LogP contribution in [0.4, 0.5) is 0 Å². The van der Waals surface area contributed by atoms with E-state index in [9.17, 15) is 14.4 Å². The van der Waals surface area contributed by atoms with Gasteiger partial charge < -0.3 is 20.1 Å². The van der Waals surface area contributed by atoms with Crippen molar-refractivity contribution in [1.82, 2.24) is 20.7 Å². The van der Waals surface area contributed by atoms with Gasteiger partial charge in [0.05, 0.1) is 5.02 Å². The van der Waals surface area contributed by atoms with Crippen molar-refractivity contribution in [2.24, 2.45) is 5.41 Å². The number of hydrogen-bond donors (Lipinski definition) is 2. The quantitative estimate of drug-likeness (QED) is 0.727. The van der Waals surface area contributed by atoms with E-state index in [-0.39, 0.29) is 22.9 Å². The fourth-order valence-electron chi connectivity index (χ4n) is 3.87. The third kappa shape index (κ3) is 3.54. The van der Waals surface area contributed by atoms with Crippen LogP contribution < -0.4 is 10.6 Å². The van der Waals surface area contributed by atoms with E-state index in [4.69, 9.17) is 27.7 Å². The highest BCUT2D eigenvalue weighted by atomic mass is 35.5. The van der Waals surface area contributed by atoms with E-state index in [1.807, 2.05) is 0 Å². The van der Waals surface area contributed by atoms with Crippen LogP contribution in [0.5, 0.6) is 0 Å². The van der Waals surface area contributed by atoms with Gasteiger partial charge in [-0.15, -0.1) is 0 Å². The summed E-state index contributed by atoms with van der Waals surface area (Å²) >= 11 is 12.1. The number of rotatable bonds is 5. The summed E-state index contributed by atoms with van der Waals surface area (Å²) in [5.74, 6) is -0.737. The molecule has 1 saturated heterocycles. The molecule has 1 aromatic carbocycles. The maximum absolute atomic E-state index is 12.8. The minimum absolute atomic E-state index is 0.0146. The third-order valence-electron chi connectivity index (χ3n) is 5.70. The molecule has 1 aliphatic carbocycles. The van der Waals surface area contributed by atoms with E-state index in [0.717, 1.165) is 12.8 Å². The molecule has 2 atom stereocenters. The van der Waals surface area contributed by atoms with Crippen molar-refractivity contribution < 1.29 is 18.9 Å². The van der Waals surface area contributed by atoms with Crippen molar-refractivity contribution in [3.63, 3.8) is 0 Å². The topological polar surface area (TPSA) is 105 Å². The van der Waals surface area contributed by atoms with Gasteiger partial charge in [-0.25, -0.2) is 0 Å². The molecule has 1 aromatic heterocycles. The highest BCUT2D eigenvalue weighted by molar-refractivity contribution is 6.36. The minimum atomic E-state index is -0.819. The van der Waals surface area contributed by atoms with Crippen molar-refractivity contribution in [2.75, 3.05) is 13.6 Å². The van der Waals surface area contributed by atoms with Gasteiger partial charge in [0, 0.05) is 35.7 Å². The zero-order chi connectivity index (χ0) is 21.6. The molecule has 4 rings (SSSR count). The number of hydrogen-bond acceptors (Lipinski definition) is 5. The summed E-state index contributed by atoms with van der Waals surface area (Å²) in [6, 6.07) is 5.02. The van der Waals surface area contributed by atoms with Crippen molar-refractivity contribution in [1.29, 1.82) is 0 Å². The molecule has 30 heavy (non-hydrogen) atoms. The second-order valence-electron chi connectivity index (χ2n) is 7.74. The average Bonchev–Trinajstić information content (AvgIpc) is 3.36. The third-order valence-corrected chi connectivity index (χ3v) is 6.25. The SMILES string of the molecule is CNC(=O)C1N(C(=O)[C@@H](C)NC(=O)c2cc(-c3ccc(Cl)cc3Cl)on2)CC12CC2. The maximum atomic E-state index is 12.8. The summed E-state index contributed by atoms with van der Waals surface area (Å²) in [6.45, 7) is 2.11. The monoisotopic (exact) mass is 450 g/mol. The molecule has 3 amide bonds. The molecule has 2 aliphatic rings. The van der Waals surface area contributed by atoms with Gasteiger partial charge in [-0.1, -0.05) is 28.4 Å². The molecule has 0 bridgehead atoms. The standard InChI is InChI=1S/C20H20Cl2N4O4/c1-10(19(29)26-9-20(5-6-20)16(26)18(28)23-2)24-17(27)14-8-15(30-25-14)12-4-3-11(21)7-13(12)22/h3-4,7-8,10,16H,5-6,9H2,1-2H3,(H,23,28)(H,24,27)/t10-,16?/m1/s1. The Labute approximate surface area is 182 Å². The normalized spacial score (nSPS) is 19.7. The molecule has 10 heteroatoms. The van der Waals surface area contributed by atoms with Gasteiger partial charge in [-0.2, -0.15) is 0 Å². The Morgan fingerprint density at radius 3 is 2.63 bits per heavy atom. The van der Waals surface area contributed by atoms with Crippen LogP contribution in [0.15, 0.2) is 28.8 Å². The minimum Gasteiger partial charge on any atom is -0.357 e. The summed E-state index contributed by atoms with van der Waals surface area (Å²) in [5.41, 5.74) is 0.472. The highest BCUT2D eigenvalue weighted by Crippen LogP contribution is 2.57. The number of nitrogens with one attached hydrogen (secondary N) is 2. The molecule has 2 heterocycles. The zero-order valence-corrected chi connectivity index (χ0v) is 17.9. The summed E-state index contributed by atoms with van der Waals surface area (Å²) in [4.78, 5) is 39.1. The van der Waals surface area contributed by atoms with Crippen LogP contribution >= 0.6 is 23.2 Å². The van der Waals surface area contributed by atoms with Gasteiger partial charge in [0.25, 0.3) is 5.91 Å². The number of halogens is 2. The van der Waals surface area contributed by atoms with Crippen LogP contribution in [0, 0.1) is 5.41 Å². The first-order chi connectivity index (χ1) is 14.3. The predicted molar refractivity (Wildman–Crippen MR) is 110 cm³/mol. The lowest BCUT2D eigenvalue weighted by Crippen LogP contribution is -2.68. The Kier molecular flexibility index (Phi) is 5.23. The number of nitrogens with zero attached hydrogens (tertiary/aromatic N) is 2. The Hall–Kier alpha value is -2.58. The lowest BCUT2D eigenvalue weighted by atomic mass is 9.83. The van der Waals surface area contributed by atoms with Gasteiger partial charge in [0.15, 0.2) is 11.5 Å². The van der Waals surface area contributed by atoms with E-state index in [2.05, 4.69) is 15.8 Å². The first-order valence-corrected chi connectivity index (χ1v) is 10.3. The Morgan fingerprint density at radius 2 is 2.00 bits per heavy atom. The fraction of sp³-hybridized carbons (Fsp3) is 0.400. The largest absolute Gasteiger partial charge is 0.357 e. The number of likely N-dealkylation sites (tertiary alicyclic amines) is 1. The number of benzene rings is 1. The molecule has 1 spiro atoms. The first kappa shape index (κ1) is 20.7. The number of aromatic nitrogens is 1. The van der Waals surface area contributed by atoms with E-state index in [1.54, 1.807) is 32.2 Å². The Balaban J connectivity index is 1.42. The molecule has 1 saturated carbocycles. The molecule has 0 radical (unpaired) electrons. The summed E-state index contributed by atoms with van der Waals surface area (Å²) in [7, 11) is 1.56. The zero-order valence-electron chi connectivity index (χ0n) is 16.4. The smallest absolute Gasteiger partial charge is 0.274 e. The van der Waals surface area contributed by atoms with E-state index in [1.165, 1.54) is 11.0 Å². The molecule has 2 aromatic rings. The summed E-state index contributed by atoms with van der Waals surface area (Å²) < 4.78 is 5.23. The van der Waals surface area contributed by atoms with E-state index >= 15 is 0 Å². The van der Waals surface area contributed by atoms with Crippen LogP contribution in [-0.4, -0.2) is 53.5 Å². The van der Waals surface area contributed by atoms with Crippen molar-refractivity contribution >= 4 is 40.9 Å². The molecule has 158 valence electrons. The highest BCUT2D eigenvalue weighted by Gasteiger charge is 2.64. The second kappa shape index (κ2) is 7.59. The van der Waals surface area contributed by atoms with Gasteiger partial charge in [0.1, 0.15) is 12.1 Å². The molecule has 8 nitrogen and oxygen atoms in total. The predicted octanol–water partition coefficient (Wildman–Crippen LogP) is 2.50. The number of amides is 3. The van der Waals surface area contributed by atoms with Crippen LogP contribution in [0.2, 0.25) is 10.0 Å². The number of carbonyl (C=O) groups is 3. The molecule has 1 aliphatic heterocycles. The van der Waals surface area contributed by atoms with Crippen molar-refractivity contribution in [3.05, 3.63) is 40.0 Å². The molecular formula is C20H20Cl2N4O4. The van der Waals surface area contributed by atoms with Crippen LogP contribution in [0.25, 0.3) is 11.3 Å². The van der Waals surface area contributed by atoms with E-state index in [0.29, 0.717) is 27.9 Å². The van der Waals surface area contributed by atoms with Crippen LogP contribution in [-0.2, 0) is 9.59 Å². The van der Waals surface area contributed by atoms with Crippen molar-refractivity contribution in [3.8, 4) is 11.3 Å². The van der Waals surface area contributed by atoms with E-state index < -0.39 is 18.0 Å². The summed E-state index contributed by atoms with van der Waals surface area (Å²) in [6.07, 6.45) is 1.87. The average molecular weight is 451 g/mol. The molecule has 1 unspecified atom stereocenters. The lowest BCUT2D eigenvalue weighted by molar-refractivity contribution is -0.156. The van der Waals surface area contributed by atoms with Crippen LogP contribution in [0.3, 0.4) is 0 Å². The van der Waals surface area contributed by atoms with Crippen molar-refractivity contribution in [2.45, 2.75) is 31.8 Å². The van der Waals surface area contributed by atoms with Gasteiger partial charge >= 0.3 is 0 Å². The molecule has 2 N–H and O–H groups in total. The lowest BCUT2D eigenvalue weighted by Gasteiger charge is -2.48. The Morgan fingerprint density at radius 1 is 1.27 bits per heavy atom. The number of likely N-dealkylation sites (N-methyl/N-ethyl adjacent to an activating group) is 1.